The molecular formula is C13H10ClFO. The van der Waals surface area contributed by atoms with E-state index in [1.54, 1.807) is 30.3 Å². The Morgan fingerprint density at radius 1 is 1.00 bits per heavy atom. The van der Waals surface area contributed by atoms with Gasteiger partial charge in [0.25, 0.3) is 0 Å². The van der Waals surface area contributed by atoms with Gasteiger partial charge in [0.1, 0.15) is 17.3 Å². The molecule has 0 bridgehead atoms. The van der Waals surface area contributed by atoms with Gasteiger partial charge in [0.05, 0.1) is 0 Å². The molecule has 0 aromatic heterocycles. The summed E-state index contributed by atoms with van der Waals surface area (Å²) in [7, 11) is 0. The molecule has 2 rings (SSSR count). The van der Waals surface area contributed by atoms with E-state index >= 15 is 0 Å². The van der Waals surface area contributed by atoms with E-state index in [9.17, 15) is 4.39 Å². The SMILES string of the molecule is Cc1cc(F)cc(Oc2ccc(Cl)cc2)c1. The summed E-state index contributed by atoms with van der Waals surface area (Å²) in [5.41, 5.74) is 0.823. The third kappa shape index (κ3) is 2.74. The topological polar surface area (TPSA) is 9.23 Å². The maximum Gasteiger partial charge on any atom is 0.130 e. The Balaban J connectivity index is 2.23. The van der Waals surface area contributed by atoms with Crippen molar-refractivity contribution in [1.29, 1.82) is 0 Å². The van der Waals surface area contributed by atoms with Crippen LogP contribution in [-0.2, 0) is 0 Å². The summed E-state index contributed by atoms with van der Waals surface area (Å²) in [4.78, 5) is 0. The average Bonchev–Trinajstić information content (AvgIpc) is 2.20. The van der Waals surface area contributed by atoms with E-state index in [-0.39, 0.29) is 5.82 Å². The fraction of sp³-hybridized carbons (Fsp3) is 0.0769. The van der Waals surface area contributed by atoms with Crippen molar-refractivity contribution in [1.82, 2.24) is 0 Å². The van der Waals surface area contributed by atoms with Crippen molar-refractivity contribution >= 4 is 11.6 Å². The minimum atomic E-state index is -0.302. The van der Waals surface area contributed by atoms with Crippen LogP contribution in [0.5, 0.6) is 11.5 Å². The molecule has 82 valence electrons. The first-order chi connectivity index (χ1) is 7.63. The van der Waals surface area contributed by atoms with Gasteiger partial charge in [-0.1, -0.05) is 11.6 Å². The van der Waals surface area contributed by atoms with E-state index in [1.165, 1.54) is 12.1 Å². The first-order valence-electron chi connectivity index (χ1n) is 4.84. The van der Waals surface area contributed by atoms with E-state index in [0.29, 0.717) is 16.5 Å². The highest BCUT2D eigenvalue weighted by Crippen LogP contribution is 2.24. The van der Waals surface area contributed by atoms with Gasteiger partial charge in [-0.15, -0.1) is 0 Å². The van der Waals surface area contributed by atoms with Crippen LogP contribution < -0.4 is 4.74 Å². The zero-order valence-corrected chi connectivity index (χ0v) is 9.46. The zero-order chi connectivity index (χ0) is 11.5. The second kappa shape index (κ2) is 4.54. The summed E-state index contributed by atoms with van der Waals surface area (Å²) in [6, 6.07) is 11.5. The Labute approximate surface area is 98.4 Å². The Bertz CT molecular complexity index is 474. The third-order valence-corrected chi connectivity index (χ3v) is 2.32. The lowest BCUT2D eigenvalue weighted by atomic mass is 10.2. The molecule has 0 heterocycles. The number of aryl methyl sites for hydroxylation is 1. The number of hydrogen-bond acceptors (Lipinski definition) is 1. The molecule has 3 heteroatoms. The minimum Gasteiger partial charge on any atom is -0.457 e. The highest BCUT2D eigenvalue weighted by molar-refractivity contribution is 6.30. The van der Waals surface area contributed by atoms with Crippen LogP contribution in [0.15, 0.2) is 42.5 Å². The van der Waals surface area contributed by atoms with E-state index in [1.807, 2.05) is 6.92 Å². The van der Waals surface area contributed by atoms with Crippen molar-refractivity contribution in [2.24, 2.45) is 0 Å². The number of halogens is 2. The fourth-order valence-electron chi connectivity index (χ4n) is 1.40. The summed E-state index contributed by atoms with van der Waals surface area (Å²) in [5.74, 6) is 0.818. The molecule has 1 nitrogen and oxygen atoms in total. The molecule has 0 atom stereocenters. The van der Waals surface area contributed by atoms with E-state index in [0.717, 1.165) is 5.56 Å². The smallest absolute Gasteiger partial charge is 0.130 e. The van der Waals surface area contributed by atoms with Gasteiger partial charge in [0.2, 0.25) is 0 Å². The summed E-state index contributed by atoms with van der Waals surface area (Å²) in [5, 5.41) is 0.641. The van der Waals surface area contributed by atoms with Gasteiger partial charge in [-0.3, -0.25) is 0 Å². The summed E-state index contributed by atoms with van der Waals surface area (Å²) in [6.07, 6.45) is 0. The molecular weight excluding hydrogens is 227 g/mol. The standard InChI is InChI=1S/C13H10ClFO/c1-9-6-11(15)8-13(7-9)16-12-4-2-10(14)3-5-12/h2-8H,1H3. The lowest BCUT2D eigenvalue weighted by Crippen LogP contribution is -1.86. The van der Waals surface area contributed by atoms with Crippen LogP contribution in [0.4, 0.5) is 4.39 Å². The normalized spacial score (nSPS) is 10.2. The minimum absolute atomic E-state index is 0.302. The van der Waals surface area contributed by atoms with Crippen LogP contribution in [0.2, 0.25) is 5.02 Å². The van der Waals surface area contributed by atoms with Gasteiger partial charge in [0, 0.05) is 11.1 Å². The van der Waals surface area contributed by atoms with Gasteiger partial charge >= 0.3 is 0 Å². The maximum absolute atomic E-state index is 13.1. The molecule has 0 aliphatic heterocycles. The Morgan fingerprint density at radius 3 is 2.31 bits per heavy atom. The van der Waals surface area contributed by atoms with Crippen molar-refractivity contribution in [2.75, 3.05) is 0 Å². The molecule has 0 aliphatic carbocycles. The van der Waals surface area contributed by atoms with Crippen molar-refractivity contribution in [3.8, 4) is 11.5 Å². The Hall–Kier alpha value is -1.54. The predicted molar refractivity (Wildman–Crippen MR) is 62.7 cm³/mol. The van der Waals surface area contributed by atoms with Gasteiger partial charge in [0.15, 0.2) is 0 Å². The van der Waals surface area contributed by atoms with Gasteiger partial charge < -0.3 is 4.74 Å². The Kier molecular flexibility index (Phi) is 3.11. The molecule has 0 radical (unpaired) electrons. The summed E-state index contributed by atoms with van der Waals surface area (Å²) < 4.78 is 18.6. The Morgan fingerprint density at radius 2 is 1.69 bits per heavy atom. The van der Waals surface area contributed by atoms with E-state index in [4.69, 9.17) is 16.3 Å². The van der Waals surface area contributed by atoms with Crippen LogP contribution in [0.3, 0.4) is 0 Å². The number of hydrogen-bond donors (Lipinski definition) is 0. The zero-order valence-electron chi connectivity index (χ0n) is 8.71. The van der Waals surface area contributed by atoms with Crippen LogP contribution in [0, 0.1) is 12.7 Å². The second-order valence-corrected chi connectivity index (χ2v) is 3.96. The first kappa shape index (κ1) is 11.0. The molecule has 2 aromatic carbocycles. The number of benzene rings is 2. The van der Waals surface area contributed by atoms with E-state index in [2.05, 4.69) is 0 Å². The van der Waals surface area contributed by atoms with Crippen LogP contribution in [-0.4, -0.2) is 0 Å². The number of ether oxygens (including phenoxy) is 1. The van der Waals surface area contributed by atoms with Crippen LogP contribution in [0.25, 0.3) is 0 Å². The van der Waals surface area contributed by atoms with Gasteiger partial charge in [-0.05, 0) is 48.9 Å². The van der Waals surface area contributed by atoms with Crippen molar-refractivity contribution in [3.05, 3.63) is 58.9 Å². The molecule has 0 fully saturated rings. The highest BCUT2D eigenvalue weighted by Gasteiger charge is 2.00. The molecule has 0 saturated heterocycles. The quantitative estimate of drug-likeness (QED) is 0.742. The molecule has 0 spiro atoms. The molecule has 0 N–H and O–H groups in total. The van der Waals surface area contributed by atoms with Crippen molar-refractivity contribution in [3.63, 3.8) is 0 Å². The molecule has 2 aromatic rings. The van der Waals surface area contributed by atoms with E-state index < -0.39 is 0 Å². The van der Waals surface area contributed by atoms with Crippen molar-refractivity contribution in [2.45, 2.75) is 6.92 Å². The van der Waals surface area contributed by atoms with Crippen LogP contribution in [0.1, 0.15) is 5.56 Å². The van der Waals surface area contributed by atoms with Crippen LogP contribution >= 0.6 is 11.6 Å². The third-order valence-electron chi connectivity index (χ3n) is 2.06. The van der Waals surface area contributed by atoms with Gasteiger partial charge in [-0.25, -0.2) is 4.39 Å². The van der Waals surface area contributed by atoms with Crippen molar-refractivity contribution < 1.29 is 9.13 Å². The molecule has 0 aliphatic rings. The van der Waals surface area contributed by atoms with Gasteiger partial charge in [-0.2, -0.15) is 0 Å². The second-order valence-electron chi connectivity index (χ2n) is 3.52. The first-order valence-corrected chi connectivity index (χ1v) is 5.22. The fourth-order valence-corrected chi connectivity index (χ4v) is 1.53. The molecule has 16 heavy (non-hydrogen) atoms. The largest absolute Gasteiger partial charge is 0.457 e. The molecule has 0 saturated carbocycles. The predicted octanol–water partition coefficient (Wildman–Crippen LogP) is 4.58. The lowest BCUT2D eigenvalue weighted by Gasteiger charge is -2.06. The average molecular weight is 237 g/mol. The monoisotopic (exact) mass is 236 g/mol. The summed E-state index contributed by atoms with van der Waals surface area (Å²) >= 11 is 5.75. The maximum atomic E-state index is 13.1. The molecule has 0 amide bonds. The summed E-state index contributed by atoms with van der Waals surface area (Å²) in [6.45, 7) is 1.82. The molecule has 0 unspecified atom stereocenters. The lowest BCUT2D eigenvalue weighted by molar-refractivity contribution is 0.476. The highest BCUT2D eigenvalue weighted by atomic mass is 35.5. The number of rotatable bonds is 2.